The van der Waals surface area contributed by atoms with E-state index < -0.39 is 6.10 Å². The summed E-state index contributed by atoms with van der Waals surface area (Å²) < 4.78 is 11.5. The van der Waals surface area contributed by atoms with Gasteiger partial charge in [0, 0.05) is 16.9 Å². The third-order valence-corrected chi connectivity index (χ3v) is 6.04. The van der Waals surface area contributed by atoms with E-state index in [4.69, 9.17) is 9.15 Å². The van der Waals surface area contributed by atoms with Crippen LogP contribution >= 0.6 is 0 Å². The lowest BCUT2D eigenvalue weighted by molar-refractivity contribution is -0.169. The minimum Gasteiger partial charge on any atom is -0.461 e. The van der Waals surface area contributed by atoms with Gasteiger partial charge in [0.1, 0.15) is 6.10 Å². The maximum absolute atomic E-state index is 12.9. The smallest absolute Gasteiger partial charge is 0.309 e. The highest BCUT2D eigenvalue weighted by Crippen LogP contribution is 2.59. The molecule has 0 aromatic carbocycles. The molecule has 4 atom stereocenters. The van der Waals surface area contributed by atoms with Crippen molar-refractivity contribution in [2.45, 2.75) is 60.0 Å². The average molecular weight is 318 g/mol. The maximum atomic E-state index is 12.9. The van der Waals surface area contributed by atoms with Gasteiger partial charge in [-0.1, -0.05) is 34.1 Å². The van der Waals surface area contributed by atoms with Crippen LogP contribution in [-0.2, 0) is 9.53 Å². The molecule has 126 valence electrons. The molecule has 2 aliphatic rings. The van der Waals surface area contributed by atoms with Gasteiger partial charge in [0.25, 0.3) is 0 Å². The third-order valence-electron chi connectivity index (χ3n) is 6.04. The first-order valence-electron chi connectivity index (χ1n) is 8.61. The second-order valence-electron chi connectivity index (χ2n) is 7.75. The lowest BCUT2D eigenvalue weighted by Gasteiger charge is -2.51. The monoisotopic (exact) mass is 318 g/mol. The van der Waals surface area contributed by atoms with Crippen molar-refractivity contribution in [3.63, 3.8) is 0 Å². The van der Waals surface area contributed by atoms with Gasteiger partial charge in [-0.05, 0) is 31.2 Å². The summed E-state index contributed by atoms with van der Waals surface area (Å²) in [5, 5.41) is 0. The van der Waals surface area contributed by atoms with Gasteiger partial charge >= 0.3 is 5.97 Å². The highest BCUT2D eigenvalue weighted by Gasteiger charge is 2.58. The van der Waals surface area contributed by atoms with E-state index >= 15 is 0 Å². The number of esters is 1. The fraction of sp³-hybridized carbons (Fsp3) is 0.684. The highest BCUT2D eigenvalue weighted by atomic mass is 16.5. The summed E-state index contributed by atoms with van der Waals surface area (Å²) >= 11 is 0. The van der Waals surface area contributed by atoms with E-state index in [0.717, 1.165) is 30.4 Å². The van der Waals surface area contributed by atoms with Crippen LogP contribution < -0.4 is 0 Å². The summed E-state index contributed by atoms with van der Waals surface area (Å²) in [5.74, 6) is 0.268. The van der Waals surface area contributed by atoms with Gasteiger partial charge in [-0.3, -0.25) is 9.59 Å². The molecule has 4 heteroatoms. The fourth-order valence-corrected chi connectivity index (χ4v) is 4.33. The highest BCUT2D eigenvalue weighted by molar-refractivity contribution is 5.99. The number of hydrogen-bond donors (Lipinski definition) is 0. The number of fused-ring (bicyclic) bond motifs is 2. The lowest BCUT2D eigenvalue weighted by atomic mass is 9.54. The Morgan fingerprint density at radius 3 is 2.74 bits per heavy atom. The Labute approximate surface area is 137 Å². The molecule has 0 saturated heterocycles. The number of aryl methyl sites for hydroxylation is 1. The summed E-state index contributed by atoms with van der Waals surface area (Å²) in [7, 11) is 0. The minimum atomic E-state index is -0.399. The standard InChI is InChI=1S/C19H26O4/c1-10(2)18(21)23-17-14-11(3)9-22-16(14)15(20)13-8-6-7-12(4)19(13,17)5/h9-10,12-13,17H,6-8H2,1-5H3/t12-,13+,17+,19+/m0/s1. The molecule has 3 rings (SSSR count). The van der Waals surface area contributed by atoms with E-state index in [1.807, 2.05) is 20.8 Å². The molecule has 0 unspecified atom stereocenters. The molecule has 1 aromatic rings. The second-order valence-corrected chi connectivity index (χ2v) is 7.75. The SMILES string of the molecule is Cc1coc2c1[C@@H](OC(=O)C(C)C)[C@@]1(C)[C@H](CCC[C@@H]1C)C2=O. The summed E-state index contributed by atoms with van der Waals surface area (Å²) in [4.78, 5) is 25.3. The molecular weight excluding hydrogens is 292 g/mol. The molecule has 0 aliphatic heterocycles. The van der Waals surface area contributed by atoms with Crippen LogP contribution in [0.1, 0.15) is 74.7 Å². The van der Waals surface area contributed by atoms with Gasteiger partial charge in [0.2, 0.25) is 5.78 Å². The molecule has 0 bridgehead atoms. The van der Waals surface area contributed by atoms with Crippen molar-refractivity contribution < 1.29 is 18.7 Å². The largest absolute Gasteiger partial charge is 0.461 e. The van der Waals surface area contributed by atoms with Crippen molar-refractivity contribution in [1.82, 2.24) is 0 Å². The average Bonchev–Trinajstić information content (AvgIpc) is 2.87. The number of hydrogen-bond acceptors (Lipinski definition) is 4. The number of carbonyl (C=O) groups excluding carboxylic acids is 2. The molecule has 0 radical (unpaired) electrons. The molecule has 4 nitrogen and oxygen atoms in total. The van der Waals surface area contributed by atoms with E-state index in [2.05, 4.69) is 13.8 Å². The van der Waals surface area contributed by atoms with Gasteiger partial charge in [0.15, 0.2) is 5.76 Å². The molecule has 0 N–H and O–H groups in total. The van der Waals surface area contributed by atoms with E-state index in [1.54, 1.807) is 6.26 Å². The molecule has 2 aliphatic carbocycles. The first kappa shape index (κ1) is 16.3. The Morgan fingerprint density at radius 1 is 1.39 bits per heavy atom. The zero-order valence-corrected chi connectivity index (χ0v) is 14.6. The van der Waals surface area contributed by atoms with Crippen LogP contribution in [0.15, 0.2) is 10.7 Å². The Kier molecular flexibility index (Phi) is 3.89. The number of carbonyl (C=O) groups is 2. The molecule has 1 saturated carbocycles. The quantitative estimate of drug-likeness (QED) is 0.755. The molecule has 0 spiro atoms. The van der Waals surface area contributed by atoms with Gasteiger partial charge in [-0.2, -0.15) is 0 Å². The Balaban J connectivity index is 2.14. The molecule has 1 aromatic heterocycles. The topological polar surface area (TPSA) is 56.5 Å². The van der Waals surface area contributed by atoms with Crippen molar-refractivity contribution in [2.24, 2.45) is 23.2 Å². The molecule has 1 heterocycles. The van der Waals surface area contributed by atoms with Gasteiger partial charge in [0.05, 0.1) is 12.2 Å². The number of rotatable bonds is 2. The zero-order valence-electron chi connectivity index (χ0n) is 14.6. The normalized spacial score (nSPS) is 33.3. The van der Waals surface area contributed by atoms with Crippen molar-refractivity contribution in [3.8, 4) is 0 Å². The van der Waals surface area contributed by atoms with Gasteiger partial charge in [-0.25, -0.2) is 0 Å². The lowest BCUT2D eigenvalue weighted by Crippen LogP contribution is -2.50. The molecule has 23 heavy (non-hydrogen) atoms. The van der Waals surface area contributed by atoms with Crippen molar-refractivity contribution in [1.29, 1.82) is 0 Å². The van der Waals surface area contributed by atoms with Crippen LogP contribution in [0.5, 0.6) is 0 Å². The fourth-order valence-electron chi connectivity index (χ4n) is 4.33. The number of ketones is 1. The number of furan rings is 1. The second kappa shape index (κ2) is 5.50. The Bertz CT molecular complexity index is 642. The minimum absolute atomic E-state index is 0.0824. The Hall–Kier alpha value is -1.58. The molecular formula is C19H26O4. The van der Waals surface area contributed by atoms with Gasteiger partial charge in [-0.15, -0.1) is 0 Å². The Morgan fingerprint density at radius 2 is 2.09 bits per heavy atom. The predicted molar refractivity (Wildman–Crippen MR) is 86.1 cm³/mol. The van der Waals surface area contributed by atoms with Crippen LogP contribution in [0.4, 0.5) is 0 Å². The maximum Gasteiger partial charge on any atom is 0.309 e. The van der Waals surface area contributed by atoms with Crippen LogP contribution in [-0.4, -0.2) is 11.8 Å². The summed E-state index contributed by atoms with van der Waals surface area (Å²) in [6.07, 6.45) is 4.15. The van der Waals surface area contributed by atoms with E-state index in [9.17, 15) is 9.59 Å². The van der Waals surface area contributed by atoms with Crippen molar-refractivity contribution in [2.75, 3.05) is 0 Å². The zero-order chi connectivity index (χ0) is 16.9. The predicted octanol–water partition coefficient (Wildman–Crippen LogP) is 4.47. The number of ether oxygens (including phenoxy) is 1. The van der Waals surface area contributed by atoms with Crippen molar-refractivity contribution >= 4 is 11.8 Å². The van der Waals surface area contributed by atoms with Crippen LogP contribution in [0.3, 0.4) is 0 Å². The summed E-state index contributed by atoms with van der Waals surface area (Å²) in [5.41, 5.74) is 1.32. The van der Waals surface area contributed by atoms with E-state index in [1.165, 1.54) is 0 Å². The molecule has 1 fully saturated rings. The molecule has 0 amide bonds. The van der Waals surface area contributed by atoms with Crippen LogP contribution in [0, 0.1) is 30.1 Å². The van der Waals surface area contributed by atoms with E-state index in [-0.39, 0.29) is 29.0 Å². The summed E-state index contributed by atoms with van der Waals surface area (Å²) in [6.45, 7) is 9.89. The third kappa shape index (κ3) is 2.26. The summed E-state index contributed by atoms with van der Waals surface area (Å²) in [6, 6.07) is 0. The number of Topliss-reactive ketones (excluding diaryl/α,β-unsaturated/α-hetero) is 1. The van der Waals surface area contributed by atoms with Crippen LogP contribution in [0.2, 0.25) is 0 Å². The van der Waals surface area contributed by atoms with Crippen LogP contribution in [0.25, 0.3) is 0 Å². The first-order valence-corrected chi connectivity index (χ1v) is 8.61. The van der Waals surface area contributed by atoms with Crippen molar-refractivity contribution in [3.05, 3.63) is 23.2 Å². The van der Waals surface area contributed by atoms with Gasteiger partial charge < -0.3 is 9.15 Å². The first-order chi connectivity index (χ1) is 10.8. The van der Waals surface area contributed by atoms with E-state index in [0.29, 0.717) is 11.7 Å².